The first-order valence-electron chi connectivity index (χ1n) is 9.19. The fourth-order valence-electron chi connectivity index (χ4n) is 2.70. The lowest BCUT2D eigenvalue weighted by atomic mass is 10.1. The molecule has 0 bridgehead atoms. The van der Waals surface area contributed by atoms with Crippen molar-refractivity contribution in [1.82, 2.24) is 5.32 Å². The Morgan fingerprint density at radius 2 is 1.60 bits per heavy atom. The largest absolute Gasteiger partial charge is 0.484 e. The molecule has 0 aliphatic rings. The number of halogens is 1. The Balaban J connectivity index is 1.54. The summed E-state index contributed by atoms with van der Waals surface area (Å²) in [6.07, 6.45) is 0. The summed E-state index contributed by atoms with van der Waals surface area (Å²) >= 11 is 0. The van der Waals surface area contributed by atoms with Crippen LogP contribution in [0.1, 0.15) is 18.5 Å². The lowest BCUT2D eigenvalue weighted by molar-refractivity contribution is -0.123. The number of benzene rings is 3. The van der Waals surface area contributed by atoms with Gasteiger partial charge in [-0.05, 0) is 61.0 Å². The lowest BCUT2D eigenvalue weighted by Gasteiger charge is -2.15. The summed E-state index contributed by atoms with van der Waals surface area (Å²) in [5.74, 6) is -0.336. The van der Waals surface area contributed by atoms with Crippen LogP contribution in [0.5, 0.6) is 5.75 Å². The monoisotopic (exact) mass is 428 g/mol. The Kier molecular flexibility index (Phi) is 6.68. The molecule has 0 saturated heterocycles. The minimum atomic E-state index is -3.72. The number of hydrogen-bond acceptors (Lipinski definition) is 4. The molecule has 0 aliphatic carbocycles. The number of rotatable bonds is 8. The highest BCUT2D eigenvalue weighted by Gasteiger charge is 2.15. The third-order valence-corrected chi connectivity index (χ3v) is 5.67. The van der Waals surface area contributed by atoms with E-state index in [0.717, 1.165) is 5.56 Å². The highest BCUT2D eigenvalue weighted by Crippen LogP contribution is 2.19. The van der Waals surface area contributed by atoms with Gasteiger partial charge in [0.25, 0.3) is 15.9 Å². The number of amides is 1. The Labute approximate surface area is 174 Å². The molecule has 3 aromatic rings. The molecule has 1 atom stereocenters. The number of carbonyl (C=O) groups excluding carboxylic acids is 1. The van der Waals surface area contributed by atoms with Crippen molar-refractivity contribution in [3.05, 3.63) is 90.2 Å². The van der Waals surface area contributed by atoms with Gasteiger partial charge in [0.1, 0.15) is 11.6 Å². The second kappa shape index (κ2) is 9.41. The molecule has 3 rings (SSSR count). The van der Waals surface area contributed by atoms with E-state index in [2.05, 4.69) is 10.0 Å². The highest BCUT2D eigenvalue weighted by atomic mass is 32.2. The number of sulfonamides is 1. The Morgan fingerprint density at radius 3 is 2.23 bits per heavy atom. The SMILES string of the molecule is C[C@H](NC(=O)COc1ccc(S(=O)(=O)Nc2ccccc2)cc1)c1ccc(F)cc1. The van der Waals surface area contributed by atoms with Crippen LogP contribution >= 0.6 is 0 Å². The molecule has 1 amide bonds. The van der Waals surface area contributed by atoms with E-state index < -0.39 is 10.0 Å². The van der Waals surface area contributed by atoms with Crippen molar-refractivity contribution in [2.75, 3.05) is 11.3 Å². The van der Waals surface area contributed by atoms with Crippen molar-refractivity contribution in [1.29, 1.82) is 0 Å². The summed E-state index contributed by atoms with van der Waals surface area (Å²) in [6.45, 7) is 1.55. The minimum absolute atomic E-state index is 0.0769. The van der Waals surface area contributed by atoms with Crippen LogP contribution in [-0.2, 0) is 14.8 Å². The number of ether oxygens (including phenoxy) is 1. The normalized spacial score (nSPS) is 12.1. The van der Waals surface area contributed by atoms with Gasteiger partial charge >= 0.3 is 0 Å². The van der Waals surface area contributed by atoms with Gasteiger partial charge in [-0.25, -0.2) is 12.8 Å². The number of nitrogens with one attached hydrogen (secondary N) is 2. The van der Waals surface area contributed by atoms with E-state index in [0.29, 0.717) is 11.4 Å². The summed E-state index contributed by atoms with van der Waals surface area (Å²) < 4.78 is 45.7. The van der Waals surface area contributed by atoms with Crippen LogP contribution in [0.4, 0.5) is 10.1 Å². The molecule has 30 heavy (non-hydrogen) atoms. The first-order valence-corrected chi connectivity index (χ1v) is 10.7. The second-order valence-corrected chi connectivity index (χ2v) is 8.25. The Morgan fingerprint density at radius 1 is 0.967 bits per heavy atom. The van der Waals surface area contributed by atoms with E-state index in [4.69, 9.17) is 4.74 Å². The molecule has 8 heteroatoms. The van der Waals surface area contributed by atoms with E-state index in [9.17, 15) is 17.6 Å². The molecular weight excluding hydrogens is 407 g/mol. The van der Waals surface area contributed by atoms with Gasteiger partial charge in [-0.1, -0.05) is 30.3 Å². The zero-order valence-corrected chi connectivity index (χ0v) is 17.0. The molecular formula is C22H21FN2O4S. The molecule has 156 valence electrons. The summed E-state index contributed by atoms with van der Waals surface area (Å²) in [7, 11) is -3.72. The average Bonchev–Trinajstić information content (AvgIpc) is 2.73. The van der Waals surface area contributed by atoms with Crippen LogP contribution in [0, 0.1) is 5.82 Å². The van der Waals surface area contributed by atoms with Gasteiger partial charge in [0.15, 0.2) is 6.61 Å². The fourth-order valence-corrected chi connectivity index (χ4v) is 3.76. The minimum Gasteiger partial charge on any atom is -0.484 e. The van der Waals surface area contributed by atoms with Gasteiger partial charge in [0.2, 0.25) is 0 Å². The van der Waals surface area contributed by atoms with Gasteiger partial charge in [0.05, 0.1) is 10.9 Å². The molecule has 0 radical (unpaired) electrons. The predicted molar refractivity (Wildman–Crippen MR) is 112 cm³/mol. The third kappa shape index (κ3) is 5.81. The van der Waals surface area contributed by atoms with E-state index in [1.165, 1.54) is 36.4 Å². The summed E-state index contributed by atoms with van der Waals surface area (Å²) in [6, 6.07) is 19.9. The maximum absolute atomic E-state index is 13.0. The quantitative estimate of drug-likeness (QED) is 0.570. The lowest BCUT2D eigenvalue weighted by Crippen LogP contribution is -2.31. The average molecular weight is 428 g/mol. The first kappa shape index (κ1) is 21.3. The molecule has 0 spiro atoms. The molecule has 3 aromatic carbocycles. The standard InChI is InChI=1S/C22H21FN2O4S/c1-16(17-7-9-18(23)10-8-17)24-22(26)15-29-20-11-13-21(14-12-20)30(27,28)25-19-5-3-2-4-6-19/h2-14,16,25H,15H2,1H3,(H,24,26)/t16-/m0/s1. The third-order valence-electron chi connectivity index (χ3n) is 4.28. The van der Waals surface area contributed by atoms with Gasteiger partial charge < -0.3 is 10.1 Å². The van der Waals surface area contributed by atoms with Crippen LogP contribution in [0.3, 0.4) is 0 Å². The van der Waals surface area contributed by atoms with Crippen LogP contribution < -0.4 is 14.8 Å². The van der Waals surface area contributed by atoms with Crippen molar-refractivity contribution in [3.8, 4) is 5.75 Å². The van der Waals surface area contributed by atoms with E-state index in [-0.39, 0.29) is 29.3 Å². The fraction of sp³-hybridized carbons (Fsp3) is 0.136. The van der Waals surface area contributed by atoms with Crippen LogP contribution in [-0.4, -0.2) is 20.9 Å². The van der Waals surface area contributed by atoms with E-state index in [1.807, 2.05) is 0 Å². The molecule has 6 nitrogen and oxygen atoms in total. The smallest absolute Gasteiger partial charge is 0.261 e. The van der Waals surface area contributed by atoms with Crippen molar-refractivity contribution >= 4 is 21.6 Å². The first-order chi connectivity index (χ1) is 14.3. The molecule has 0 heterocycles. The van der Waals surface area contributed by atoms with Gasteiger partial charge in [-0.15, -0.1) is 0 Å². The van der Waals surface area contributed by atoms with Gasteiger partial charge in [-0.2, -0.15) is 0 Å². The maximum atomic E-state index is 13.0. The second-order valence-electron chi connectivity index (χ2n) is 6.57. The summed E-state index contributed by atoms with van der Waals surface area (Å²) in [5.41, 5.74) is 1.23. The summed E-state index contributed by atoms with van der Waals surface area (Å²) in [4.78, 5) is 12.2. The van der Waals surface area contributed by atoms with Gasteiger partial charge in [-0.3, -0.25) is 9.52 Å². The number of carbonyl (C=O) groups is 1. The highest BCUT2D eigenvalue weighted by molar-refractivity contribution is 7.92. The van der Waals surface area contributed by atoms with Crippen LogP contribution in [0.25, 0.3) is 0 Å². The van der Waals surface area contributed by atoms with E-state index >= 15 is 0 Å². The maximum Gasteiger partial charge on any atom is 0.261 e. The zero-order chi connectivity index (χ0) is 21.6. The molecule has 0 saturated carbocycles. The molecule has 0 aliphatic heterocycles. The van der Waals surface area contributed by atoms with Crippen molar-refractivity contribution in [2.24, 2.45) is 0 Å². The zero-order valence-electron chi connectivity index (χ0n) is 16.2. The topological polar surface area (TPSA) is 84.5 Å². The van der Waals surface area contributed by atoms with Crippen LogP contribution in [0.15, 0.2) is 83.8 Å². The molecule has 0 fully saturated rings. The number of para-hydroxylation sites is 1. The molecule has 0 unspecified atom stereocenters. The molecule has 0 aromatic heterocycles. The summed E-state index contributed by atoms with van der Waals surface area (Å²) in [5, 5.41) is 2.76. The van der Waals surface area contributed by atoms with Crippen molar-refractivity contribution in [2.45, 2.75) is 17.9 Å². The molecule has 2 N–H and O–H groups in total. The van der Waals surface area contributed by atoms with Gasteiger partial charge in [0, 0.05) is 5.69 Å². The van der Waals surface area contributed by atoms with Crippen LogP contribution in [0.2, 0.25) is 0 Å². The van der Waals surface area contributed by atoms with Crippen molar-refractivity contribution < 1.29 is 22.3 Å². The number of hydrogen-bond donors (Lipinski definition) is 2. The Bertz CT molecular complexity index is 1090. The van der Waals surface area contributed by atoms with E-state index in [1.54, 1.807) is 49.4 Å². The Hall–Kier alpha value is -3.39. The number of anilines is 1. The van der Waals surface area contributed by atoms with Crippen molar-refractivity contribution in [3.63, 3.8) is 0 Å². The predicted octanol–water partition coefficient (Wildman–Crippen LogP) is 3.88.